The lowest BCUT2D eigenvalue weighted by molar-refractivity contribution is 0.0999. The van der Waals surface area contributed by atoms with Gasteiger partial charge in [0.05, 0.1) is 7.11 Å². The lowest BCUT2D eigenvalue weighted by Gasteiger charge is -2.26. The van der Waals surface area contributed by atoms with Crippen molar-refractivity contribution in [1.82, 2.24) is 4.90 Å². The van der Waals surface area contributed by atoms with Gasteiger partial charge in [-0.3, -0.25) is 14.6 Å². The fourth-order valence-corrected chi connectivity index (χ4v) is 4.22. The first kappa shape index (κ1) is 23.1. The van der Waals surface area contributed by atoms with Crippen molar-refractivity contribution < 1.29 is 14.3 Å². The van der Waals surface area contributed by atoms with Gasteiger partial charge in [0, 0.05) is 28.5 Å². The van der Waals surface area contributed by atoms with E-state index in [0.717, 1.165) is 42.5 Å². The molecule has 0 unspecified atom stereocenters. The van der Waals surface area contributed by atoms with E-state index < -0.39 is 0 Å². The van der Waals surface area contributed by atoms with Crippen molar-refractivity contribution in [3.8, 4) is 11.5 Å². The Kier molecular flexibility index (Phi) is 7.87. The van der Waals surface area contributed by atoms with Crippen LogP contribution in [0.15, 0.2) is 72.8 Å². The lowest BCUT2D eigenvalue weighted by Crippen LogP contribution is -2.33. The summed E-state index contributed by atoms with van der Waals surface area (Å²) in [5.74, 6) is 1.36. The van der Waals surface area contributed by atoms with Crippen LogP contribution in [0.5, 0.6) is 11.5 Å². The highest BCUT2D eigenvalue weighted by molar-refractivity contribution is 6.31. The second-order valence-corrected chi connectivity index (χ2v) is 8.53. The van der Waals surface area contributed by atoms with Crippen LogP contribution in [0, 0.1) is 0 Å². The number of carbonyl (C=O) groups is 1. The molecule has 0 bridgehead atoms. The summed E-state index contributed by atoms with van der Waals surface area (Å²) in [6.45, 7) is 3.91. The molecule has 5 nitrogen and oxygen atoms in total. The van der Waals surface area contributed by atoms with Gasteiger partial charge in [0.2, 0.25) is 0 Å². The smallest absolute Gasteiger partial charge is 0.262 e. The SMILES string of the molecule is COc1ccc(N(C(=O)c2cccc(Cl)c2)c2ccc(OCCN3CCCCC3)cc2)cc1. The highest BCUT2D eigenvalue weighted by Gasteiger charge is 2.20. The minimum atomic E-state index is -0.165. The first-order chi connectivity index (χ1) is 16.1. The zero-order valence-corrected chi connectivity index (χ0v) is 19.6. The van der Waals surface area contributed by atoms with Crippen molar-refractivity contribution in [2.45, 2.75) is 19.3 Å². The molecular formula is C27H29ClN2O3. The summed E-state index contributed by atoms with van der Waals surface area (Å²) in [7, 11) is 1.62. The predicted molar refractivity (Wildman–Crippen MR) is 133 cm³/mol. The summed E-state index contributed by atoms with van der Waals surface area (Å²) in [5, 5.41) is 0.521. The van der Waals surface area contributed by atoms with Crippen LogP contribution in [-0.4, -0.2) is 44.2 Å². The molecule has 1 fully saturated rings. The molecule has 3 aromatic carbocycles. The van der Waals surface area contributed by atoms with Crippen molar-refractivity contribution in [1.29, 1.82) is 0 Å². The van der Waals surface area contributed by atoms with E-state index in [4.69, 9.17) is 21.1 Å². The molecule has 0 aliphatic carbocycles. The third kappa shape index (κ3) is 6.06. The summed E-state index contributed by atoms with van der Waals surface area (Å²) in [4.78, 5) is 17.6. The minimum Gasteiger partial charge on any atom is -0.497 e. The molecule has 33 heavy (non-hydrogen) atoms. The van der Waals surface area contributed by atoms with Gasteiger partial charge in [-0.15, -0.1) is 0 Å². The first-order valence-corrected chi connectivity index (χ1v) is 11.7. The lowest BCUT2D eigenvalue weighted by atomic mass is 10.1. The molecule has 172 valence electrons. The summed E-state index contributed by atoms with van der Waals surface area (Å²) in [6, 6.07) is 22.0. The fourth-order valence-electron chi connectivity index (χ4n) is 4.03. The Bertz CT molecular complexity index is 1050. The second-order valence-electron chi connectivity index (χ2n) is 8.09. The van der Waals surface area contributed by atoms with Crippen LogP contribution in [0.4, 0.5) is 11.4 Å². The molecule has 0 aromatic heterocycles. The van der Waals surface area contributed by atoms with E-state index >= 15 is 0 Å². The Labute approximate surface area is 200 Å². The Morgan fingerprint density at radius 2 is 1.55 bits per heavy atom. The van der Waals surface area contributed by atoms with Crippen LogP contribution >= 0.6 is 11.6 Å². The van der Waals surface area contributed by atoms with Crippen LogP contribution in [-0.2, 0) is 0 Å². The maximum atomic E-state index is 13.5. The molecule has 0 N–H and O–H groups in total. The van der Waals surface area contributed by atoms with E-state index in [-0.39, 0.29) is 5.91 Å². The highest BCUT2D eigenvalue weighted by atomic mass is 35.5. The molecule has 1 amide bonds. The summed E-state index contributed by atoms with van der Waals surface area (Å²) in [5.41, 5.74) is 1.99. The zero-order chi connectivity index (χ0) is 23.0. The van der Waals surface area contributed by atoms with Gasteiger partial charge in [-0.05, 0) is 92.7 Å². The monoisotopic (exact) mass is 464 g/mol. The second kappa shape index (κ2) is 11.2. The van der Waals surface area contributed by atoms with Crippen LogP contribution < -0.4 is 14.4 Å². The van der Waals surface area contributed by atoms with Crippen molar-refractivity contribution in [2.75, 3.05) is 38.3 Å². The molecular weight excluding hydrogens is 436 g/mol. The molecule has 1 aliphatic heterocycles. The fraction of sp³-hybridized carbons (Fsp3) is 0.296. The number of anilines is 2. The Morgan fingerprint density at radius 3 is 2.15 bits per heavy atom. The number of piperidine rings is 1. The number of halogens is 1. The first-order valence-electron chi connectivity index (χ1n) is 11.3. The van der Waals surface area contributed by atoms with Gasteiger partial charge >= 0.3 is 0 Å². The third-order valence-corrected chi connectivity index (χ3v) is 6.06. The van der Waals surface area contributed by atoms with E-state index in [1.165, 1.54) is 19.3 Å². The van der Waals surface area contributed by atoms with E-state index in [9.17, 15) is 4.79 Å². The maximum absolute atomic E-state index is 13.5. The largest absolute Gasteiger partial charge is 0.497 e. The number of likely N-dealkylation sites (tertiary alicyclic amines) is 1. The number of benzene rings is 3. The maximum Gasteiger partial charge on any atom is 0.262 e. The number of nitrogens with zero attached hydrogens (tertiary/aromatic N) is 2. The average Bonchev–Trinajstić information content (AvgIpc) is 2.86. The average molecular weight is 465 g/mol. The van der Waals surface area contributed by atoms with Crippen LogP contribution in [0.25, 0.3) is 0 Å². The van der Waals surface area contributed by atoms with Crippen molar-refractivity contribution in [2.24, 2.45) is 0 Å². The molecule has 1 saturated heterocycles. The highest BCUT2D eigenvalue weighted by Crippen LogP contribution is 2.31. The summed E-state index contributed by atoms with van der Waals surface area (Å²) < 4.78 is 11.2. The van der Waals surface area contributed by atoms with Crippen molar-refractivity contribution >= 4 is 28.9 Å². The molecule has 3 aromatic rings. The number of amides is 1. The van der Waals surface area contributed by atoms with Crippen LogP contribution in [0.1, 0.15) is 29.6 Å². The molecule has 0 saturated carbocycles. The van der Waals surface area contributed by atoms with Crippen LogP contribution in [0.2, 0.25) is 5.02 Å². The van der Waals surface area contributed by atoms with E-state index in [2.05, 4.69) is 4.90 Å². The van der Waals surface area contributed by atoms with Gasteiger partial charge in [-0.2, -0.15) is 0 Å². The Balaban J connectivity index is 1.52. The standard InChI is InChI=1S/C27H29ClN2O3/c1-32-25-12-8-23(9-13-25)30(27(31)21-6-5-7-22(28)20-21)24-10-14-26(15-11-24)33-19-18-29-16-3-2-4-17-29/h5-15,20H,2-4,16-19H2,1H3. The molecule has 4 rings (SSSR count). The van der Waals surface area contributed by atoms with Crippen molar-refractivity contribution in [3.05, 3.63) is 83.4 Å². The zero-order valence-electron chi connectivity index (χ0n) is 18.9. The molecule has 1 aliphatic rings. The summed E-state index contributed by atoms with van der Waals surface area (Å²) >= 11 is 6.14. The number of rotatable bonds is 8. The quantitative estimate of drug-likeness (QED) is 0.398. The number of hydrogen-bond donors (Lipinski definition) is 0. The van der Waals surface area contributed by atoms with E-state index in [0.29, 0.717) is 17.2 Å². The number of hydrogen-bond acceptors (Lipinski definition) is 4. The Hall–Kier alpha value is -3.02. The normalized spacial score (nSPS) is 14.0. The van der Waals surface area contributed by atoms with Gasteiger partial charge in [0.1, 0.15) is 18.1 Å². The molecule has 0 spiro atoms. The molecule has 6 heteroatoms. The van der Waals surface area contributed by atoms with E-state index in [1.807, 2.05) is 48.5 Å². The van der Waals surface area contributed by atoms with Gasteiger partial charge in [0.25, 0.3) is 5.91 Å². The van der Waals surface area contributed by atoms with Gasteiger partial charge in [0.15, 0.2) is 0 Å². The number of ether oxygens (including phenoxy) is 2. The number of methoxy groups -OCH3 is 1. The minimum absolute atomic E-state index is 0.165. The van der Waals surface area contributed by atoms with Gasteiger partial charge in [-0.1, -0.05) is 24.1 Å². The third-order valence-electron chi connectivity index (χ3n) is 5.83. The number of carbonyl (C=O) groups excluding carboxylic acids is 1. The van der Waals surface area contributed by atoms with Crippen molar-refractivity contribution in [3.63, 3.8) is 0 Å². The van der Waals surface area contributed by atoms with Gasteiger partial charge in [-0.25, -0.2) is 0 Å². The Morgan fingerprint density at radius 1 is 0.909 bits per heavy atom. The molecule has 1 heterocycles. The topological polar surface area (TPSA) is 42.0 Å². The molecule has 0 radical (unpaired) electrons. The van der Waals surface area contributed by atoms with Gasteiger partial charge < -0.3 is 9.47 Å². The molecule has 0 atom stereocenters. The predicted octanol–water partition coefficient (Wildman–Crippen LogP) is 6.19. The van der Waals surface area contributed by atoms with Crippen LogP contribution in [0.3, 0.4) is 0 Å². The van der Waals surface area contributed by atoms with E-state index in [1.54, 1.807) is 36.3 Å². The summed E-state index contributed by atoms with van der Waals surface area (Å²) in [6.07, 6.45) is 3.88.